The molecule has 30 heavy (non-hydrogen) atoms. The molecule has 0 saturated carbocycles. The van der Waals surface area contributed by atoms with Crippen LogP contribution in [0.5, 0.6) is 5.75 Å². The summed E-state index contributed by atoms with van der Waals surface area (Å²) in [5, 5.41) is 2.94. The van der Waals surface area contributed by atoms with E-state index in [-0.39, 0.29) is 5.91 Å². The van der Waals surface area contributed by atoms with Crippen LogP contribution >= 0.6 is 0 Å². The molecule has 0 radical (unpaired) electrons. The molecule has 4 aromatic rings. The number of imidazole rings is 1. The van der Waals surface area contributed by atoms with Crippen molar-refractivity contribution < 1.29 is 9.53 Å². The van der Waals surface area contributed by atoms with Crippen LogP contribution in [0.15, 0.2) is 79.0 Å². The van der Waals surface area contributed by atoms with Crippen LogP contribution in [0.4, 0.5) is 5.69 Å². The number of rotatable bonds is 7. The van der Waals surface area contributed by atoms with Crippen molar-refractivity contribution >= 4 is 17.2 Å². The maximum Gasteiger partial charge on any atom is 0.276 e. The van der Waals surface area contributed by atoms with E-state index < -0.39 is 0 Å². The molecule has 2 aromatic carbocycles. The number of benzene rings is 2. The first-order valence-corrected chi connectivity index (χ1v) is 9.79. The molecule has 0 aliphatic carbocycles. The Kier molecular flexibility index (Phi) is 5.77. The van der Waals surface area contributed by atoms with Crippen LogP contribution in [-0.2, 0) is 13.2 Å². The molecular formula is C24H24N4O2. The Bertz CT molecular complexity index is 1140. The number of ether oxygens (including phenoxy) is 1. The highest BCUT2D eigenvalue weighted by Gasteiger charge is 2.19. The molecule has 0 unspecified atom stereocenters. The van der Waals surface area contributed by atoms with Crippen molar-refractivity contribution in [1.82, 2.24) is 14.3 Å². The number of carbonyl (C=O) groups is 1. The van der Waals surface area contributed by atoms with Gasteiger partial charge >= 0.3 is 0 Å². The first-order chi connectivity index (χ1) is 14.6. The van der Waals surface area contributed by atoms with Gasteiger partial charge in [-0.05, 0) is 56.1 Å². The van der Waals surface area contributed by atoms with Gasteiger partial charge in [-0.3, -0.25) is 4.79 Å². The van der Waals surface area contributed by atoms with Gasteiger partial charge in [-0.25, -0.2) is 4.98 Å². The van der Waals surface area contributed by atoms with E-state index in [1.54, 1.807) is 0 Å². The molecule has 4 rings (SSSR count). The number of hydrogen-bond donors (Lipinski definition) is 1. The summed E-state index contributed by atoms with van der Waals surface area (Å²) in [6.07, 6.45) is 1.93. The zero-order valence-corrected chi connectivity index (χ0v) is 17.1. The molecule has 6 heteroatoms. The maximum absolute atomic E-state index is 12.9. The van der Waals surface area contributed by atoms with Gasteiger partial charge in [0.25, 0.3) is 5.91 Å². The SMILES string of the molecule is CN(C)Cc1c(C(=O)Nc2ccc(OCc3ccccc3)cc2)nc2ccccn12. The molecule has 0 aliphatic heterocycles. The van der Waals surface area contributed by atoms with Gasteiger partial charge in [0, 0.05) is 18.4 Å². The standard InChI is InChI=1S/C24H24N4O2/c1-27(2)16-21-23(26-22-10-6-7-15-28(21)22)24(29)25-19-11-13-20(14-12-19)30-17-18-8-4-3-5-9-18/h3-15H,16-17H2,1-2H3,(H,25,29). The average Bonchev–Trinajstić information content (AvgIpc) is 3.12. The van der Waals surface area contributed by atoms with Crippen LogP contribution in [-0.4, -0.2) is 34.3 Å². The lowest BCUT2D eigenvalue weighted by molar-refractivity contribution is 0.102. The summed E-state index contributed by atoms with van der Waals surface area (Å²) in [5.41, 5.74) is 3.84. The topological polar surface area (TPSA) is 58.9 Å². The second-order valence-corrected chi connectivity index (χ2v) is 7.33. The van der Waals surface area contributed by atoms with Crippen LogP contribution in [0.2, 0.25) is 0 Å². The van der Waals surface area contributed by atoms with E-state index >= 15 is 0 Å². The van der Waals surface area contributed by atoms with Gasteiger partial charge in [0.15, 0.2) is 5.69 Å². The molecule has 0 spiro atoms. The van der Waals surface area contributed by atoms with Crippen molar-refractivity contribution in [3.8, 4) is 5.75 Å². The first kappa shape index (κ1) is 19.7. The minimum absolute atomic E-state index is 0.228. The Labute approximate surface area is 175 Å². The van der Waals surface area contributed by atoms with E-state index in [1.165, 1.54) is 0 Å². The predicted molar refractivity (Wildman–Crippen MR) is 118 cm³/mol. The summed E-state index contributed by atoms with van der Waals surface area (Å²) >= 11 is 0. The van der Waals surface area contributed by atoms with Crippen LogP contribution in [0.25, 0.3) is 5.65 Å². The summed E-state index contributed by atoms with van der Waals surface area (Å²) < 4.78 is 7.76. The number of anilines is 1. The lowest BCUT2D eigenvalue weighted by atomic mass is 10.2. The lowest BCUT2D eigenvalue weighted by Crippen LogP contribution is -2.19. The number of aromatic nitrogens is 2. The van der Waals surface area contributed by atoms with Gasteiger partial charge in [0.2, 0.25) is 0 Å². The summed E-state index contributed by atoms with van der Waals surface area (Å²) in [6, 6.07) is 23.1. The Balaban J connectivity index is 1.47. The van der Waals surface area contributed by atoms with E-state index in [0.29, 0.717) is 24.5 Å². The predicted octanol–water partition coefficient (Wildman–Crippen LogP) is 4.23. The third-order valence-electron chi connectivity index (χ3n) is 4.67. The first-order valence-electron chi connectivity index (χ1n) is 9.79. The van der Waals surface area contributed by atoms with Gasteiger partial charge in [0.05, 0.1) is 5.69 Å². The Morgan fingerprint density at radius 2 is 1.73 bits per heavy atom. The second-order valence-electron chi connectivity index (χ2n) is 7.33. The number of amides is 1. The minimum atomic E-state index is -0.228. The van der Waals surface area contributed by atoms with Gasteiger partial charge < -0.3 is 19.4 Å². The van der Waals surface area contributed by atoms with Crippen molar-refractivity contribution in [2.75, 3.05) is 19.4 Å². The highest BCUT2D eigenvalue weighted by molar-refractivity contribution is 6.04. The second kappa shape index (κ2) is 8.80. The molecule has 0 bridgehead atoms. The zero-order valence-electron chi connectivity index (χ0n) is 17.1. The van der Waals surface area contributed by atoms with Crippen LogP contribution < -0.4 is 10.1 Å². The molecule has 6 nitrogen and oxygen atoms in total. The largest absolute Gasteiger partial charge is 0.489 e. The van der Waals surface area contributed by atoms with E-state index in [2.05, 4.69) is 10.3 Å². The number of fused-ring (bicyclic) bond motifs is 1. The van der Waals surface area contributed by atoms with Gasteiger partial charge in [0.1, 0.15) is 18.0 Å². The summed E-state index contributed by atoms with van der Waals surface area (Å²) in [6.45, 7) is 1.11. The molecule has 1 N–H and O–H groups in total. The van der Waals surface area contributed by atoms with Crippen molar-refractivity contribution in [2.45, 2.75) is 13.2 Å². The number of nitrogens with zero attached hydrogens (tertiary/aromatic N) is 3. The number of hydrogen-bond acceptors (Lipinski definition) is 4. The summed E-state index contributed by atoms with van der Waals surface area (Å²) in [5.74, 6) is 0.520. The Morgan fingerprint density at radius 1 is 1.00 bits per heavy atom. The Morgan fingerprint density at radius 3 is 2.47 bits per heavy atom. The number of pyridine rings is 1. The fraction of sp³-hybridized carbons (Fsp3) is 0.167. The van der Waals surface area contributed by atoms with E-state index in [1.807, 2.05) is 102 Å². The summed E-state index contributed by atoms with van der Waals surface area (Å²) in [7, 11) is 3.94. The third-order valence-corrected chi connectivity index (χ3v) is 4.67. The van der Waals surface area contributed by atoms with E-state index in [4.69, 9.17) is 4.74 Å². The smallest absolute Gasteiger partial charge is 0.276 e. The van der Waals surface area contributed by atoms with Crippen molar-refractivity contribution in [3.05, 3.63) is 95.9 Å². The highest BCUT2D eigenvalue weighted by Crippen LogP contribution is 2.20. The van der Waals surface area contributed by atoms with Crippen molar-refractivity contribution in [3.63, 3.8) is 0 Å². The van der Waals surface area contributed by atoms with Gasteiger partial charge in [-0.2, -0.15) is 0 Å². The lowest BCUT2D eigenvalue weighted by Gasteiger charge is -2.12. The highest BCUT2D eigenvalue weighted by atomic mass is 16.5. The zero-order chi connectivity index (χ0) is 20.9. The fourth-order valence-electron chi connectivity index (χ4n) is 3.24. The van der Waals surface area contributed by atoms with Crippen LogP contribution in [0.3, 0.4) is 0 Å². The molecule has 152 valence electrons. The number of nitrogens with one attached hydrogen (secondary N) is 1. The molecule has 0 atom stereocenters. The molecule has 0 saturated heterocycles. The van der Waals surface area contributed by atoms with E-state index in [9.17, 15) is 4.79 Å². The molecule has 0 aliphatic rings. The monoisotopic (exact) mass is 400 g/mol. The number of carbonyl (C=O) groups excluding carboxylic acids is 1. The Hall–Kier alpha value is -3.64. The molecule has 2 heterocycles. The van der Waals surface area contributed by atoms with Crippen molar-refractivity contribution in [1.29, 1.82) is 0 Å². The average molecular weight is 400 g/mol. The van der Waals surface area contributed by atoms with Gasteiger partial charge in [-0.15, -0.1) is 0 Å². The maximum atomic E-state index is 12.9. The van der Waals surface area contributed by atoms with Crippen LogP contribution in [0.1, 0.15) is 21.7 Å². The molecule has 2 aromatic heterocycles. The molecule has 0 fully saturated rings. The van der Waals surface area contributed by atoms with Crippen molar-refractivity contribution in [2.24, 2.45) is 0 Å². The fourth-order valence-corrected chi connectivity index (χ4v) is 3.24. The third kappa shape index (κ3) is 4.50. The minimum Gasteiger partial charge on any atom is -0.489 e. The molecular weight excluding hydrogens is 376 g/mol. The van der Waals surface area contributed by atoms with E-state index in [0.717, 1.165) is 22.7 Å². The van der Waals surface area contributed by atoms with Gasteiger partial charge in [-0.1, -0.05) is 36.4 Å². The summed E-state index contributed by atoms with van der Waals surface area (Å²) in [4.78, 5) is 19.5. The van der Waals surface area contributed by atoms with Crippen LogP contribution in [0, 0.1) is 0 Å². The quantitative estimate of drug-likeness (QED) is 0.504. The molecule has 1 amide bonds. The normalized spacial score (nSPS) is 11.0.